The minimum Gasteiger partial charge on any atom is -0.383 e. The van der Waals surface area contributed by atoms with Gasteiger partial charge in [0.2, 0.25) is 0 Å². The van der Waals surface area contributed by atoms with Crippen molar-refractivity contribution in [2.24, 2.45) is 7.05 Å². The molecule has 1 heterocycles. The Bertz CT molecular complexity index is 537. The highest BCUT2D eigenvalue weighted by atomic mass is 19.1. The van der Waals surface area contributed by atoms with Gasteiger partial charge in [0.15, 0.2) is 0 Å². The molecule has 2 N–H and O–H groups in total. The second-order valence-corrected chi connectivity index (χ2v) is 3.77. The molecule has 2 aromatic rings. The van der Waals surface area contributed by atoms with Crippen LogP contribution in [0.25, 0.3) is 11.1 Å². The number of hydrogen-bond acceptors (Lipinski definition) is 3. The van der Waals surface area contributed by atoms with Crippen molar-refractivity contribution in [2.75, 3.05) is 12.8 Å². The number of benzene rings is 1. The molecular weight excluding hydrogens is 221 g/mol. The maximum absolute atomic E-state index is 13.2. The zero-order valence-electron chi connectivity index (χ0n) is 9.77. The smallest absolute Gasteiger partial charge is 0.129 e. The number of nitrogens with zero attached hydrogens (tertiary/aromatic N) is 2. The SMILES string of the molecule is COCc1nn(C)c(N)c1-c1cccc(F)c1. The summed E-state index contributed by atoms with van der Waals surface area (Å²) in [7, 11) is 3.33. The Morgan fingerprint density at radius 1 is 1.47 bits per heavy atom. The Morgan fingerprint density at radius 3 is 2.88 bits per heavy atom. The number of halogens is 1. The average molecular weight is 235 g/mol. The Balaban J connectivity index is 2.57. The first kappa shape index (κ1) is 11.6. The standard InChI is InChI=1S/C12H14FN3O/c1-16-12(14)11(10(15-16)7-17-2)8-4-3-5-9(13)6-8/h3-6H,7,14H2,1-2H3. The lowest BCUT2D eigenvalue weighted by atomic mass is 10.1. The molecule has 0 atom stereocenters. The Kier molecular flexibility index (Phi) is 3.10. The van der Waals surface area contributed by atoms with Crippen LogP contribution in [-0.2, 0) is 18.4 Å². The topological polar surface area (TPSA) is 53.1 Å². The molecular formula is C12H14FN3O. The maximum atomic E-state index is 13.2. The highest BCUT2D eigenvalue weighted by Gasteiger charge is 2.15. The van der Waals surface area contributed by atoms with Gasteiger partial charge in [0.1, 0.15) is 11.6 Å². The first-order valence-corrected chi connectivity index (χ1v) is 5.19. The second kappa shape index (κ2) is 4.55. The molecule has 0 radical (unpaired) electrons. The fourth-order valence-corrected chi connectivity index (χ4v) is 1.79. The number of anilines is 1. The van der Waals surface area contributed by atoms with Gasteiger partial charge in [-0.15, -0.1) is 0 Å². The molecule has 0 saturated heterocycles. The molecule has 90 valence electrons. The van der Waals surface area contributed by atoms with E-state index >= 15 is 0 Å². The predicted molar refractivity (Wildman–Crippen MR) is 63.7 cm³/mol. The fraction of sp³-hybridized carbons (Fsp3) is 0.250. The Morgan fingerprint density at radius 2 is 2.24 bits per heavy atom. The molecule has 4 nitrogen and oxygen atoms in total. The van der Waals surface area contributed by atoms with E-state index in [1.54, 1.807) is 31.0 Å². The fourth-order valence-electron chi connectivity index (χ4n) is 1.79. The molecule has 0 saturated carbocycles. The summed E-state index contributed by atoms with van der Waals surface area (Å²) in [4.78, 5) is 0. The van der Waals surface area contributed by atoms with Gasteiger partial charge in [-0.25, -0.2) is 4.39 Å². The van der Waals surface area contributed by atoms with Crippen LogP contribution in [0, 0.1) is 5.82 Å². The summed E-state index contributed by atoms with van der Waals surface area (Å²) in [5.74, 6) is 0.205. The van der Waals surface area contributed by atoms with Crippen LogP contribution < -0.4 is 5.73 Å². The minimum atomic E-state index is -0.297. The van der Waals surface area contributed by atoms with E-state index in [2.05, 4.69) is 5.10 Å². The molecule has 0 fully saturated rings. The lowest BCUT2D eigenvalue weighted by molar-refractivity contribution is 0.181. The first-order valence-electron chi connectivity index (χ1n) is 5.19. The van der Waals surface area contributed by atoms with Crippen LogP contribution in [0.2, 0.25) is 0 Å². The van der Waals surface area contributed by atoms with Crippen molar-refractivity contribution in [3.63, 3.8) is 0 Å². The van der Waals surface area contributed by atoms with Gasteiger partial charge < -0.3 is 10.5 Å². The number of nitrogen functional groups attached to an aromatic ring is 1. The minimum absolute atomic E-state index is 0.297. The molecule has 2 rings (SSSR count). The summed E-state index contributed by atoms with van der Waals surface area (Å²) in [6.07, 6.45) is 0. The quantitative estimate of drug-likeness (QED) is 0.884. The van der Waals surface area contributed by atoms with Crippen molar-refractivity contribution in [3.8, 4) is 11.1 Å². The molecule has 0 aliphatic carbocycles. The van der Waals surface area contributed by atoms with Crippen LogP contribution in [0.4, 0.5) is 10.2 Å². The lowest BCUT2D eigenvalue weighted by Crippen LogP contribution is -1.98. The summed E-state index contributed by atoms with van der Waals surface area (Å²) in [6, 6.07) is 6.28. The number of aryl methyl sites for hydroxylation is 1. The lowest BCUT2D eigenvalue weighted by Gasteiger charge is -2.03. The Labute approximate surface area is 98.8 Å². The third kappa shape index (κ3) is 2.14. The van der Waals surface area contributed by atoms with Gasteiger partial charge >= 0.3 is 0 Å². The molecule has 0 spiro atoms. The van der Waals surface area contributed by atoms with E-state index in [1.807, 2.05) is 0 Å². The number of rotatable bonds is 3. The van der Waals surface area contributed by atoms with Crippen molar-refractivity contribution in [1.82, 2.24) is 9.78 Å². The van der Waals surface area contributed by atoms with Gasteiger partial charge in [0.25, 0.3) is 0 Å². The molecule has 17 heavy (non-hydrogen) atoms. The van der Waals surface area contributed by atoms with Crippen molar-refractivity contribution in [3.05, 3.63) is 35.8 Å². The molecule has 0 amide bonds. The van der Waals surface area contributed by atoms with Crippen LogP contribution in [0.5, 0.6) is 0 Å². The number of ether oxygens (including phenoxy) is 1. The number of aromatic nitrogens is 2. The van der Waals surface area contributed by atoms with E-state index in [4.69, 9.17) is 10.5 Å². The van der Waals surface area contributed by atoms with Gasteiger partial charge in [0.05, 0.1) is 12.3 Å². The van der Waals surface area contributed by atoms with Crippen LogP contribution in [-0.4, -0.2) is 16.9 Å². The number of methoxy groups -OCH3 is 1. The summed E-state index contributed by atoms with van der Waals surface area (Å²) in [5.41, 5.74) is 8.09. The van der Waals surface area contributed by atoms with E-state index in [1.165, 1.54) is 12.1 Å². The second-order valence-electron chi connectivity index (χ2n) is 3.77. The van der Waals surface area contributed by atoms with Gasteiger partial charge in [-0.05, 0) is 17.7 Å². The van der Waals surface area contributed by atoms with Crippen LogP contribution >= 0.6 is 0 Å². The zero-order chi connectivity index (χ0) is 12.4. The molecule has 0 aliphatic rings. The van der Waals surface area contributed by atoms with Crippen LogP contribution in [0.1, 0.15) is 5.69 Å². The third-order valence-corrected chi connectivity index (χ3v) is 2.56. The average Bonchev–Trinajstić information content (AvgIpc) is 2.55. The van der Waals surface area contributed by atoms with E-state index in [0.29, 0.717) is 23.7 Å². The molecule has 1 aromatic heterocycles. The summed E-state index contributed by atoms with van der Waals surface area (Å²) >= 11 is 0. The van der Waals surface area contributed by atoms with Gasteiger partial charge in [-0.1, -0.05) is 12.1 Å². The van der Waals surface area contributed by atoms with Gasteiger partial charge in [-0.2, -0.15) is 5.10 Å². The van der Waals surface area contributed by atoms with Gasteiger partial charge in [0, 0.05) is 19.7 Å². The molecule has 0 bridgehead atoms. The van der Waals surface area contributed by atoms with E-state index in [0.717, 1.165) is 5.56 Å². The van der Waals surface area contributed by atoms with Gasteiger partial charge in [-0.3, -0.25) is 4.68 Å². The van der Waals surface area contributed by atoms with Crippen molar-refractivity contribution in [1.29, 1.82) is 0 Å². The van der Waals surface area contributed by atoms with E-state index in [9.17, 15) is 4.39 Å². The zero-order valence-corrected chi connectivity index (χ0v) is 9.77. The molecule has 1 aromatic carbocycles. The van der Waals surface area contributed by atoms with E-state index in [-0.39, 0.29) is 5.82 Å². The maximum Gasteiger partial charge on any atom is 0.129 e. The summed E-state index contributed by atoms with van der Waals surface area (Å²) < 4.78 is 19.8. The highest BCUT2D eigenvalue weighted by molar-refractivity contribution is 5.76. The predicted octanol–water partition coefficient (Wildman–Crippen LogP) is 1.95. The van der Waals surface area contributed by atoms with Crippen molar-refractivity contribution in [2.45, 2.75) is 6.61 Å². The Hall–Kier alpha value is -1.88. The largest absolute Gasteiger partial charge is 0.383 e. The van der Waals surface area contributed by atoms with E-state index < -0.39 is 0 Å². The molecule has 0 unspecified atom stereocenters. The molecule has 5 heteroatoms. The summed E-state index contributed by atoms with van der Waals surface area (Å²) in [5, 5.41) is 4.25. The third-order valence-electron chi connectivity index (χ3n) is 2.56. The first-order chi connectivity index (χ1) is 8.13. The van der Waals surface area contributed by atoms with Crippen molar-refractivity contribution < 1.29 is 9.13 Å². The van der Waals surface area contributed by atoms with Crippen LogP contribution in [0.3, 0.4) is 0 Å². The summed E-state index contributed by atoms with van der Waals surface area (Å²) in [6.45, 7) is 0.344. The van der Waals surface area contributed by atoms with Crippen molar-refractivity contribution >= 4 is 5.82 Å². The number of nitrogens with two attached hydrogens (primary N) is 1. The molecule has 0 aliphatic heterocycles. The normalized spacial score (nSPS) is 10.8. The van der Waals surface area contributed by atoms with Crippen LogP contribution in [0.15, 0.2) is 24.3 Å². The number of hydrogen-bond donors (Lipinski definition) is 1. The highest BCUT2D eigenvalue weighted by Crippen LogP contribution is 2.30. The monoisotopic (exact) mass is 235 g/mol.